The van der Waals surface area contributed by atoms with Crippen LogP contribution in [0.25, 0.3) is 0 Å². The fraction of sp³-hybridized carbons (Fsp3) is 0.222. The maximum Gasteiger partial charge on any atom is 0.301 e. The van der Waals surface area contributed by atoms with Crippen molar-refractivity contribution in [1.29, 1.82) is 5.26 Å². The van der Waals surface area contributed by atoms with Crippen LogP contribution in [0.5, 0.6) is 0 Å². The fourth-order valence-corrected chi connectivity index (χ4v) is 2.15. The highest BCUT2D eigenvalue weighted by atomic mass is 79.9. The second kappa shape index (κ2) is 4.82. The first-order valence-corrected chi connectivity index (χ1v) is 6.50. The lowest BCUT2D eigenvalue weighted by molar-refractivity contribution is 0.527. The number of nitriles is 1. The molecule has 1 N–H and O–H groups in total. The smallest absolute Gasteiger partial charge is 0.270 e. The van der Waals surface area contributed by atoms with Gasteiger partial charge in [-0.3, -0.25) is 4.72 Å². The highest BCUT2D eigenvalue weighted by Gasteiger charge is 2.14. The quantitative estimate of drug-likeness (QED) is 0.920. The third-order valence-electron chi connectivity index (χ3n) is 1.82. The second-order valence-electron chi connectivity index (χ2n) is 3.20. The van der Waals surface area contributed by atoms with Crippen molar-refractivity contribution in [3.8, 4) is 6.07 Å². The van der Waals surface area contributed by atoms with Crippen LogP contribution in [0.2, 0.25) is 0 Å². The Morgan fingerprint density at radius 2 is 2.06 bits per heavy atom. The van der Waals surface area contributed by atoms with Crippen molar-refractivity contribution in [1.82, 2.24) is 4.31 Å². The molecule has 0 aliphatic carbocycles. The lowest BCUT2D eigenvalue weighted by Crippen LogP contribution is -2.29. The molecule has 1 aromatic carbocycles. The van der Waals surface area contributed by atoms with Gasteiger partial charge in [0.2, 0.25) is 0 Å². The summed E-state index contributed by atoms with van der Waals surface area (Å²) in [6.45, 7) is 0. The van der Waals surface area contributed by atoms with Crippen molar-refractivity contribution in [3.05, 3.63) is 28.2 Å². The second-order valence-corrected chi connectivity index (χ2v) is 5.93. The van der Waals surface area contributed by atoms with E-state index in [1.807, 2.05) is 6.07 Å². The monoisotopic (exact) mass is 303 g/mol. The molecule has 16 heavy (non-hydrogen) atoms. The SMILES string of the molecule is CN(C)S(=O)(=O)Nc1ccc(C#N)cc1Br. The largest absolute Gasteiger partial charge is 0.301 e. The summed E-state index contributed by atoms with van der Waals surface area (Å²) in [6, 6.07) is 6.58. The number of hydrogen-bond acceptors (Lipinski definition) is 3. The number of hydrogen-bond donors (Lipinski definition) is 1. The average Bonchev–Trinajstić information content (AvgIpc) is 2.20. The summed E-state index contributed by atoms with van der Waals surface area (Å²) in [5, 5.41) is 8.66. The van der Waals surface area contributed by atoms with Crippen LogP contribution < -0.4 is 4.72 Å². The van der Waals surface area contributed by atoms with Gasteiger partial charge in [-0.2, -0.15) is 18.0 Å². The van der Waals surface area contributed by atoms with Gasteiger partial charge in [-0.15, -0.1) is 0 Å². The minimum atomic E-state index is -3.52. The fourth-order valence-electron chi connectivity index (χ4n) is 0.898. The van der Waals surface area contributed by atoms with Gasteiger partial charge in [0.25, 0.3) is 0 Å². The van der Waals surface area contributed by atoms with E-state index in [2.05, 4.69) is 20.7 Å². The van der Waals surface area contributed by atoms with Crippen LogP contribution in [-0.2, 0) is 10.2 Å². The van der Waals surface area contributed by atoms with Crippen molar-refractivity contribution < 1.29 is 8.42 Å². The van der Waals surface area contributed by atoms with Gasteiger partial charge in [-0.1, -0.05) is 0 Å². The molecule has 0 aliphatic rings. The Morgan fingerprint density at radius 3 is 2.50 bits per heavy atom. The first kappa shape index (κ1) is 13.0. The van der Waals surface area contributed by atoms with E-state index < -0.39 is 10.2 Å². The van der Waals surface area contributed by atoms with Crippen LogP contribution in [0.1, 0.15) is 5.56 Å². The summed E-state index contributed by atoms with van der Waals surface area (Å²) in [6.07, 6.45) is 0. The first-order valence-electron chi connectivity index (χ1n) is 4.27. The number of rotatable bonds is 3. The first-order chi connectivity index (χ1) is 7.36. The van der Waals surface area contributed by atoms with Gasteiger partial charge >= 0.3 is 10.2 Å². The van der Waals surface area contributed by atoms with E-state index in [-0.39, 0.29) is 0 Å². The Morgan fingerprint density at radius 1 is 1.44 bits per heavy atom. The molecular formula is C9H10BrN3O2S. The van der Waals surface area contributed by atoms with E-state index in [4.69, 9.17) is 5.26 Å². The van der Waals surface area contributed by atoms with Crippen molar-refractivity contribution in [2.75, 3.05) is 18.8 Å². The van der Waals surface area contributed by atoms with Gasteiger partial charge in [0, 0.05) is 18.6 Å². The molecule has 1 aromatic rings. The summed E-state index contributed by atoms with van der Waals surface area (Å²) < 4.78 is 27.0. The summed E-state index contributed by atoms with van der Waals surface area (Å²) in [5.74, 6) is 0. The molecule has 5 nitrogen and oxygen atoms in total. The Labute approximate surface area is 103 Å². The minimum Gasteiger partial charge on any atom is -0.270 e. The van der Waals surface area contributed by atoms with Gasteiger partial charge in [0.1, 0.15) is 0 Å². The molecule has 0 unspecified atom stereocenters. The molecule has 0 bridgehead atoms. The van der Waals surface area contributed by atoms with Crippen molar-refractivity contribution in [3.63, 3.8) is 0 Å². The van der Waals surface area contributed by atoms with Crippen LogP contribution in [0, 0.1) is 11.3 Å². The zero-order chi connectivity index (χ0) is 12.3. The van der Waals surface area contributed by atoms with E-state index in [1.54, 1.807) is 6.07 Å². The summed E-state index contributed by atoms with van der Waals surface area (Å²) in [4.78, 5) is 0. The molecule has 0 atom stereocenters. The summed E-state index contributed by atoms with van der Waals surface area (Å²) in [5.41, 5.74) is 0.854. The number of halogens is 1. The third kappa shape index (κ3) is 2.95. The van der Waals surface area contributed by atoms with Crippen LogP contribution in [0.15, 0.2) is 22.7 Å². The molecule has 7 heteroatoms. The van der Waals surface area contributed by atoms with E-state index in [0.29, 0.717) is 15.7 Å². The topological polar surface area (TPSA) is 73.2 Å². The Bertz CT molecular complexity index is 534. The van der Waals surface area contributed by atoms with E-state index in [1.165, 1.54) is 26.2 Å². The Balaban J connectivity index is 3.05. The molecule has 0 aromatic heterocycles. The zero-order valence-corrected chi connectivity index (χ0v) is 11.1. The molecule has 0 fully saturated rings. The zero-order valence-electron chi connectivity index (χ0n) is 8.73. The minimum absolute atomic E-state index is 0.396. The van der Waals surface area contributed by atoms with Gasteiger partial charge < -0.3 is 0 Å². The molecule has 1 rings (SSSR count). The average molecular weight is 304 g/mol. The van der Waals surface area contributed by atoms with Gasteiger partial charge in [-0.05, 0) is 34.1 Å². The maximum absolute atomic E-state index is 11.5. The molecule has 0 amide bonds. The lowest BCUT2D eigenvalue weighted by atomic mass is 10.2. The van der Waals surface area contributed by atoms with Crippen LogP contribution in [0.3, 0.4) is 0 Å². The van der Waals surface area contributed by atoms with E-state index in [9.17, 15) is 8.42 Å². The molecular weight excluding hydrogens is 294 g/mol. The predicted molar refractivity (Wildman–Crippen MR) is 65.1 cm³/mol. The maximum atomic E-state index is 11.5. The number of benzene rings is 1. The number of anilines is 1. The van der Waals surface area contributed by atoms with Crippen molar-refractivity contribution >= 4 is 31.8 Å². The van der Waals surface area contributed by atoms with Gasteiger partial charge in [0.15, 0.2) is 0 Å². The highest BCUT2D eigenvalue weighted by Crippen LogP contribution is 2.24. The van der Waals surface area contributed by atoms with Gasteiger partial charge in [-0.25, -0.2) is 0 Å². The van der Waals surface area contributed by atoms with Crippen LogP contribution >= 0.6 is 15.9 Å². The molecule has 86 valence electrons. The molecule has 0 radical (unpaired) electrons. The Kier molecular flexibility index (Phi) is 3.91. The molecule has 0 saturated carbocycles. The van der Waals surface area contributed by atoms with Gasteiger partial charge in [0.05, 0.1) is 17.3 Å². The van der Waals surface area contributed by atoms with Crippen molar-refractivity contribution in [2.24, 2.45) is 0 Å². The van der Waals surface area contributed by atoms with E-state index >= 15 is 0 Å². The van der Waals surface area contributed by atoms with E-state index in [0.717, 1.165) is 4.31 Å². The predicted octanol–water partition coefficient (Wildman–Crippen LogP) is 1.54. The highest BCUT2D eigenvalue weighted by molar-refractivity contribution is 9.10. The molecule has 0 saturated heterocycles. The Hall–Kier alpha value is -1.10. The molecule has 0 aliphatic heterocycles. The lowest BCUT2D eigenvalue weighted by Gasteiger charge is -2.14. The number of nitrogens with zero attached hydrogens (tertiary/aromatic N) is 2. The normalized spacial score (nSPS) is 11.2. The van der Waals surface area contributed by atoms with Crippen LogP contribution in [0.4, 0.5) is 5.69 Å². The number of nitrogens with one attached hydrogen (secondary N) is 1. The summed E-state index contributed by atoms with van der Waals surface area (Å²) >= 11 is 3.19. The van der Waals surface area contributed by atoms with Crippen molar-refractivity contribution in [2.45, 2.75) is 0 Å². The summed E-state index contributed by atoms with van der Waals surface area (Å²) in [7, 11) is -0.662. The molecule has 0 spiro atoms. The third-order valence-corrected chi connectivity index (χ3v) is 3.91. The molecule has 0 heterocycles. The van der Waals surface area contributed by atoms with Crippen LogP contribution in [-0.4, -0.2) is 26.8 Å². The standard InChI is InChI=1S/C9H10BrN3O2S/c1-13(2)16(14,15)12-9-4-3-7(6-11)5-8(9)10/h3-5,12H,1-2H3.